The van der Waals surface area contributed by atoms with Crippen molar-refractivity contribution in [3.05, 3.63) is 65.4 Å². The Morgan fingerprint density at radius 1 is 0.972 bits per heavy atom. The van der Waals surface area contributed by atoms with Crippen LogP contribution < -0.4 is 10.1 Å². The van der Waals surface area contributed by atoms with Gasteiger partial charge in [-0.25, -0.2) is 21.5 Å². The lowest BCUT2D eigenvalue weighted by molar-refractivity contribution is 0.102. The van der Waals surface area contributed by atoms with E-state index in [1.54, 1.807) is 31.4 Å². The van der Waals surface area contributed by atoms with Gasteiger partial charge in [-0.1, -0.05) is 6.42 Å². The highest BCUT2D eigenvalue weighted by molar-refractivity contribution is 7.90. The minimum atomic E-state index is -3.61. The second-order valence-electron chi connectivity index (χ2n) is 8.86. The summed E-state index contributed by atoms with van der Waals surface area (Å²) < 4.78 is 58.4. The third-order valence-corrected chi connectivity index (χ3v) is 9.76. The summed E-state index contributed by atoms with van der Waals surface area (Å²) in [6, 6.07) is 12.8. The molecule has 0 atom stereocenters. The van der Waals surface area contributed by atoms with Crippen molar-refractivity contribution in [3.63, 3.8) is 0 Å². The summed E-state index contributed by atoms with van der Waals surface area (Å²) in [6.45, 7) is 0.988. The van der Waals surface area contributed by atoms with Crippen LogP contribution in [-0.2, 0) is 31.4 Å². The van der Waals surface area contributed by atoms with Crippen LogP contribution in [0, 0.1) is 0 Å². The first kappa shape index (κ1) is 24.5. The van der Waals surface area contributed by atoms with Gasteiger partial charge in [0, 0.05) is 24.2 Å². The number of nitrogens with zero attached hydrogens (tertiary/aromatic N) is 3. The van der Waals surface area contributed by atoms with E-state index in [-0.39, 0.29) is 27.8 Å². The fourth-order valence-electron chi connectivity index (χ4n) is 4.49. The molecule has 1 amide bonds. The maximum Gasteiger partial charge on any atom is 0.256 e. The molecule has 1 saturated heterocycles. The molecule has 0 unspecified atom stereocenters. The molecular formula is C24H26N4O6S2. The minimum absolute atomic E-state index is 0.135. The molecule has 2 aromatic carbocycles. The van der Waals surface area contributed by atoms with Gasteiger partial charge in [0.25, 0.3) is 5.91 Å². The second-order valence-corrected chi connectivity index (χ2v) is 12.9. The monoisotopic (exact) mass is 530 g/mol. The number of hydrogen-bond acceptors (Lipinski definition) is 7. The van der Waals surface area contributed by atoms with E-state index in [2.05, 4.69) is 10.4 Å². The van der Waals surface area contributed by atoms with E-state index in [9.17, 15) is 21.6 Å². The van der Waals surface area contributed by atoms with Crippen molar-refractivity contribution in [3.8, 4) is 11.4 Å². The largest absolute Gasteiger partial charge is 0.497 e. The molecule has 3 heterocycles. The van der Waals surface area contributed by atoms with Gasteiger partial charge in [0.1, 0.15) is 11.6 Å². The van der Waals surface area contributed by atoms with Crippen molar-refractivity contribution in [2.24, 2.45) is 0 Å². The van der Waals surface area contributed by atoms with Crippen LogP contribution in [0.1, 0.15) is 40.9 Å². The van der Waals surface area contributed by atoms with Crippen LogP contribution in [0.2, 0.25) is 0 Å². The molecule has 0 bridgehead atoms. The third kappa shape index (κ3) is 4.63. The maximum atomic E-state index is 13.1. The van der Waals surface area contributed by atoms with Gasteiger partial charge in [0.15, 0.2) is 9.84 Å². The van der Waals surface area contributed by atoms with Crippen molar-refractivity contribution in [1.82, 2.24) is 14.1 Å². The van der Waals surface area contributed by atoms with Crippen molar-refractivity contribution in [2.75, 3.05) is 25.5 Å². The Bertz CT molecular complexity index is 1510. The number of nitrogens with one attached hydrogen (secondary N) is 1. The highest BCUT2D eigenvalue weighted by atomic mass is 32.2. The maximum absolute atomic E-state index is 13.1. The molecule has 3 aromatic rings. The number of amides is 1. The Morgan fingerprint density at radius 3 is 2.28 bits per heavy atom. The zero-order chi connectivity index (χ0) is 25.5. The van der Waals surface area contributed by atoms with Gasteiger partial charge in [-0.05, 0) is 61.4 Å². The second kappa shape index (κ2) is 9.34. The molecule has 1 N–H and O–H groups in total. The molecule has 0 aliphatic carbocycles. The first-order chi connectivity index (χ1) is 17.2. The first-order valence-electron chi connectivity index (χ1n) is 11.6. The molecule has 190 valence electrons. The minimum Gasteiger partial charge on any atom is -0.497 e. The number of rotatable bonds is 6. The number of sulfonamides is 1. The Labute approximate surface area is 209 Å². The third-order valence-electron chi connectivity index (χ3n) is 6.41. The summed E-state index contributed by atoms with van der Waals surface area (Å²) in [5.41, 5.74) is 1.71. The Morgan fingerprint density at radius 2 is 1.64 bits per heavy atom. The number of carbonyl (C=O) groups excluding carboxylic acids is 1. The number of methoxy groups -OCH3 is 1. The number of fused-ring (bicyclic) bond motifs is 1. The lowest BCUT2D eigenvalue weighted by Crippen LogP contribution is -2.35. The summed E-state index contributed by atoms with van der Waals surface area (Å²) >= 11 is 0. The van der Waals surface area contributed by atoms with Crippen LogP contribution in [0.25, 0.3) is 5.69 Å². The smallest absolute Gasteiger partial charge is 0.256 e. The Hall–Kier alpha value is -3.22. The predicted molar refractivity (Wildman–Crippen MR) is 133 cm³/mol. The number of piperidine rings is 1. The highest BCUT2D eigenvalue weighted by Crippen LogP contribution is 2.33. The molecule has 0 spiro atoms. The molecule has 5 rings (SSSR count). The van der Waals surface area contributed by atoms with Crippen LogP contribution in [0.3, 0.4) is 0 Å². The van der Waals surface area contributed by atoms with Crippen molar-refractivity contribution in [2.45, 2.75) is 35.7 Å². The van der Waals surface area contributed by atoms with Crippen LogP contribution in [0.4, 0.5) is 5.82 Å². The molecule has 0 radical (unpaired) electrons. The summed E-state index contributed by atoms with van der Waals surface area (Å²) in [7, 11) is -5.41. The van der Waals surface area contributed by atoms with Crippen LogP contribution in [0.5, 0.6) is 5.75 Å². The number of hydrogen-bond donors (Lipinski definition) is 1. The Balaban J connectivity index is 1.43. The average Bonchev–Trinajstić information content (AvgIpc) is 3.36. The fourth-order valence-corrected chi connectivity index (χ4v) is 7.50. The van der Waals surface area contributed by atoms with E-state index in [1.807, 2.05) is 0 Å². The molecule has 0 saturated carbocycles. The fraction of sp³-hybridized carbons (Fsp3) is 0.333. The number of benzene rings is 2. The zero-order valence-electron chi connectivity index (χ0n) is 19.7. The van der Waals surface area contributed by atoms with Gasteiger partial charge in [0.2, 0.25) is 10.0 Å². The summed E-state index contributed by atoms with van der Waals surface area (Å²) in [4.78, 5) is 13.3. The normalized spacial score (nSPS) is 17.5. The first-order valence-corrected chi connectivity index (χ1v) is 14.8. The average molecular weight is 531 g/mol. The standard InChI is InChI=1S/C24H26N4O6S2/c1-34-19-9-7-18(8-10-19)28-23(21-15-35(30,31)16-22(21)26-28)25-24(29)17-5-11-20(12-6-17)36(32,33)27-13-3-2-4-14-27/h5-12H,2-4,13-16H2,1H3,(H,25,29). The van der Waals surface area contributed by atoms with Gasteiger partial charge < -0.3 is 10.1 Å². The van der Waals surface area contributed by atoms with Gasteiger partial charge >= 0.3 is 0 Å². The van der Waals surface area contributed by atoms with Gasteiger partial charge in [-0.15, -0.1) is 0 Å². The molecule has 36 heavy (non-hydrogen) atoms. The number of carbonyl (C=O) groups is 1. The molecule has 2 aliphatic rings. The highest BCUT2D eigenvalue weighted by Gasteiger charge is 2.33. The molecular weight excluding hydrogens is 504 g/mol. The van der Waals surface area contributed by atoms with E-state index < -0.39 is 25.8 Å². The van der Waals surface area contributed by atoms with E-state index in [0.29, 0.717) is 35.8 Å². The van der Waals surface area contributed by atoms with Crippen molar-refractivity contribution in [1.29, 1.82) is 0 Å². The van der Waals surface area contributed by atoms with Gasteiger partial charge in [-0.2, -0.15) is 9.40 Å². The van der Waals surface area contributed by atoms with Crippen LogP contribution in [-0.4, -0.2) is 57.0 Å². The number of aromatic nitrogens is 2. The van der Waals surface area contributed by atoms with E-state index in [4.69, 9.17) is 4.74 Å². The topological polar surface area (TPSA) is 128 Å². The summed E-state index contributed by atoms with van der Waals surface area (Å²) in [6.07, 6.45) is 2.69. The lowest BCUT2D eigenvalue weighted by Gasteiger charge is -2.25. The molecule has 1 aromatic heterocycles. The number of sulfone groups is 1. The van der Waals surface area contributed by atoms with Crippen molar-refractivity contribution >= 4 is 31.6 Å². The number of ether oxygens (including phenoxy) is 1. The molecule has 10 nitrogen and oxygen atoms in total. The summed E-state index contributed by atoms with van der Waals surface area (Å²) in [5, 5.41) is 7.25. The molecule has 12 heteroatoms. The van der Waals surface area contributed by atoms with Crippen LogP contribution >= 0.6 is 0 Å². The Kier molecular flexibility index (Phi) is 6.35. The zero-order valence-corrected chi connectivity index (χ0v) is 21.3. The van der Waals surface area contributed by atoms with E-state index in [1.165, 1.54) is 33.3 Å². The predicted octanol–water partition coefficient (Wildman–Crippen LogP) is 2.74. The van der Waals surface area contributed by atoms with E-state index >= 15 is 0 Å². The SMILES string of the molecule is COc1ccc(-n2nc3c(c2NC(=O)c2ccc(S(=O)(=O)N4CCCCC4)cc2)CS(=O)(=O)C3)cc1. The van der Waals surface area contributed by atoms with Gasteiger partial charge in [0.05, 0.1) is 34.9 Å². The van der Waals surface area contributed by atoms with Crippen molar-refractivity contribution < 1.29 is 26.4 Å². The molecule has 2 aliphatic heterocycles. The van der Waals surface area contributed by atoms with Crippen LogP contribution in [0.15, 0.2) is 53.4 Å². The summed E-state index contributed by atoms with van der Waals surface area (Å²) in [5.74, 6) is -0.00503. The lowest BCUT2D eigenvalue weighted by atomic mass is 10.2. The number of anilines is 1. The van der Waals surface area contributed by atoms with Gasteiger partial charge in [-0.3, -0.25) is 4.79 Å². The van der Waals surface area contributed by atoms with E-state index in [0.717, 1.165) is 19.3 Å². The quantitative estimate of drug-likeness (QED) is 0.519. The molecule has 1 fully saturated rings.